The minimum Gasteiger partial charge on any atom is -0.545 e. The van der Waals surface area contributed by atoms with Crippen molar-refractivity contribution in [3.05, 3.63) is 53.0 Å². The zero-order valence-corrected chi connectivity index (χ0v) is 10.5. The Labute approximate surface area is 114 Å². The normalized spacial score (nSPS) is 10.2. The maximum Gasteiger partial charge on any atom is 0.152 e. The Balaban J connectivity index is 2.03. The second-order valence-electron chi connectivity index (χ2n) is 4.11. The third-order valence-corrected chi connectivity index (χ3v) is 2.63. The van der Waals surface area contributed by atoms with Gasteiger partial charge < -0.3 is 29.0 Å². The first-order valence-corrected chi connectivity index (χ1v) is 5.72. The van der Waals surface area contributed by atoms with E-state index in [4.69, 9.17) is 9.15 Å². The van der Waals surface area contributed by atoms with Crippen LogP contribution in [-0.4, -0.2) is 11.9 Å². The van der Waals surface area contributed by atoms with Gasteiger partial charge in [-0.1, -0.05) is 0 Å². The summed E-state index contributed by atoms with van der Waals surface area (Å²) in [5.41, 5.74) is 0.501. The number of hydrogen-bond donors (Lipinski definition) is 0. The summed E-state index contributed by atoms with van der Waals surface area (Å²) >= 11 is 0. The van der Waals surface area contributed by atoms with Gasteiger partial charge in [0, 0.05) is 0 Å². The topological polar surface area (TPSA) is 103 Å². The Morgan fingerprint density at radius 2 is 1.80 bits per heavy atom. The number of aryl methyl sites for hydroxylation is 1. The minimum absolute atomic E-state index is 0.0266. The lowest BCUT2D eigenvalue weighted by atomic mass is 10.2. The van der Waals surface area contributed by atoms with E-state index in [-0.39, 0.29) is 17.9 Å². The monoisotopic (exact) mass is 274 g/mol. The van der Waals surface area contributed by atoms with Gasteiger partial charge in [0.1, 0.15) is 24.1 Å². The molecule has 6 heteroatoms. The highest BCUT2D eigenvalue weighted by Gasteiger charge is 2.09. The molecule has 2 rings (SSSR count). The number of benzene rings is 1. The van der Waals surface area contributed by atoms with Crippen LogP contribution in [0.2, 0.25) is 0 Å². The van der Waals surface area contributed by atoms with Gasteiger partial charge in [0.25, 0.3) is 0 Å². The van der Waals surface area contributed by atoms with Gasteiger partial charge in [-0.05, 0) is 48.4 Å². The molecule has 0 unspecified atom stereocenters. The molecule has 0 spiro atoms. The van der Waals surface area contributed by atoms with Gasteiger partial charge >= 0.3 is 0 Å². The fraction of sp³-hybridized carbons (Fsp3) is 0.143. The SMILES string of the molecule is Cc1cc(COc2ccc(C(=O)[O-])cc2)oc1C(=O)[O-]. The lowest BCUT2D eigenvalue weighted by Crippen LogP contribution is -2.22. The van der Waals surface area contributed by atoms with Crippen molar-refractivity contribution in [3.63, 3.8) is 0 Å². The quantitative estimate of drug-likeness (QED) is 0.754. The maximum atomic E-state index is 10.7. The number of hydrogen-bond acceptors (Lipinski definition) is 6. The van der Waals surface area contributed by atoms with E-state index >= 15 is 0 Å². The van der Waals surface area contributed by atoms with Gasteiger partial charge in [-0.15, -0.1) is 0 Å². The number of ether oxygens (including phenoxy) is 1. The van der Waals surface area contributed by atoms with Crippen molar-refractivity contribution < 1.29 is 29.0 Å². The molecule has 20 heavy (non-hydrogen) atoms. The number of carbonyl (C=O) groups excluding carboxylic acids is 2. The molecule has 6 nitrogen and oxygen atoms in total. The summed E-state index contributed by atoms with van der Waals surface area (Å²) < 4.78 is 10.4. The van der Waals surface area contributed by atoms with E-state index in [1.165, 1.54) is 24.3 Å². The zero-order valence-electron chi connectivity index (χ0n) is 10.5. The summed E-state index contributed by atoms with van der Waals surface area (Å²) in [4.78, 5) is 21.3. The van der Waals surface area contributed by atoms with Crippen LogP contribution in [0.5, 0.6) is 5.75 Å². The molecule has 0 bridgehead atoms. The Morgan fingerprint density at radius 3 is 2.30 bits per heavy atom. The van der Waals surface area contributed by atoms with Crippen LogP contribution < -0.4 is 14.9 Å². The van der Waals surface area contributed by atoms with Gasteiger partial charge in [-0.3, -0.25) is 0 Å². The van der Waals surface area contributed by atoms with Crippen LogP contribution in [0.4, 0.5) is 0 Å². The van der Waals surface area contributed by atoms with Crippen LogP contribution in [0.3, 0.4) is 0 Å². The molecule has 0 amide bonds. The first kappa shape index (κ1) is 13.7. The van der Waals surface area contributed by atoms with E-state index in [0.29, 0.717) is 17.1 Å². The molecule has 0 fully saturated rings. The number of carbonyl (C=O) groups is 2. The van der Waals surface area contributed by atoms with Gasteiger partial charge in [0.15, 0.2) is 5.76 Å². The van der Waals surface area contributed by atoms with Crippen LogP contribution in [0, 0.1) is 6.92 Å². The number of carboxylic acids is 2. The Bertz CT molecular complexity index is 638. The van der Waals surface area contributed by atoms with Crippen LogP contribution in [0.15, 0.2) is 34.7 Å². The summed E-state index contributed by atoms with van der Waals surface area (Å²) in [7, 11) is 0. The predicted molar refractivity (Wildman–Crippen MR) is 62.9 cm³/mol. The van der Waals surface area contributed by atoms with Crippen molar-refractivity contribution in [3.8, 4) is 5.75 Å². The predicted octanol–water partition coefficient (Wildman–Crippen LogP) is -0.106. The standard InChI is InChI=1S/C14H12O6/c1-8-6-11(20-12(8)14(17)18)7-19-10-4-2-9(3-5-10)13(15)16/h2-6H,7H2,1H3,(H,15,16)(H,17,18)/p-2. The average molecular weight is 274 g/mol. The third-order valence-electron chi connectivity index (χ3n) is 2.63. The highest BCUT2D eigenvalue weighted by atomic mass is 16.5. The second kappa shape index (κ2) is 5.48. The fourth-order valence-corrected chi connectivity index (χ4v) is 1.66. The molecule has 0 saturated heterocycles. The second-order valence-corrected chi connectivity index (χ2v) is 4.11. The fourth-order valence-electron chi connectivity index (χ4n) is 1.66. The van der Waals surface area contributed by atoms with Crippen molar-refractivity contribution in [2.24, 2.45) is 0 Å². The molecule has 0 radical (unpaired) electrons. The Kier molecular flexibility index (Phi) is 3.74. The van der Waals surface area contributed by atoms with Crippen LogP contribution in [0.1, 0.15) is 32.2 Å². The lowest BCUT2D eigenvalue weighted by molar-refractivity contribution is -0.257. The number of aromatic carboxylic acids is 2. The van der Waals surface area contributed by atoms with E-state index in [0.717, 1.165) is 0 Å². The van der Waals surface area contributed by atoms with Crippen molar-refractivity contribution in [1.82, 2.24) is 0 Å². The van der Waals surface area contributed by atoms with Crippen molar-refractivity contribution >= 4 is 11.9 Å². The maximum absolute atomic E-state index is 10.7. The Morgan fingerprint density at radius 1 is 1.15 bits per heavy atom. The lowest BCUT2D eigenvalue weighted by Gasteiger charge is -2.06. The van der Waals surface area contributed by atoms with E-state index in [2.05, 4.69) is 0 Å². The van der Waals surface area contributed by atoms with Crippen molar-refractivity contribution in [2.45, 2.75) is 13.5 Å². The molecular weight excluding hydrogens is 264 g/mol. The molecule has 1 aromatic carbocycles. The molecule has 0 aliphatic carbocycles. The molecule has 1 aromatic heterocycles. The summed E-state index contributed by atoms with van der Waals surface area (Å²) in [5.74, 6) is -2.11. The third kappa shape index (κ3) is 2.97. The summed E-state index contributed by atoms with van der Waals surface area (Å²) in [6.45, 7) is 1.62. The molecular formula is C14H10O6-2. The van der Waals surface area contributed by atoms with Gasteiger partial charge in [-0.2, -0.15) is 0 Å². The van der Waals surface area contributed by atoms with Gasteiger partial charge in [-0.25, -0.2) is 0 Å². The average Bonchev–Trinajstić information content (AvgIpc) is 2.78. The van der Waals surface area contributed by atoms with E-state index < -0.39 is 11.9 Å². The van der Waals surface area contributed by atoms with Gasteiger partial charge in [0.05, 0.1) is 5.97 Å². The number of rotatable bonds is 5. The van der Waals surface area contributed by atoms with E-state index in [1.807, 2.05) is 0 Å². The first-order chi connectivity index (χ1) is 9.47. The Hall–Kier alpha value is -2.76. The van der Waals surface area contributed by atoms with Crippen LogP contribution >= 0.6 is 0 Å². The molecule has 0 saturated carbocycles. The minimum atomic E-state index is -1.38. The molecule has 0 aliphatic rings. The number of furan rings is 1. The van der Waals surface area contributed by atoms with Crippen LogP contribution in [0.25, 0.3) is 0 Å². The highest BCUT2D eigenvalue weighted by molar-refractivity contribution is 5.85. The summed E-state index contributed by atoms with van der Waals surface area (Å²) in [5, 5.41) is 21.3. The van der Waals surface area contributed by atoms with Crippen LogP contribution in [-0.2, 0) is 6.61 Å². The van der Waals surface area contributed by atoms with Gasteiger partial charge in [0.2, 0.25) is 0 Å². The first-order valence-electron chi connectivity index (χ1n) is 5.72. The molecule has 2 aromatic rings. The summed E-state index contributed by atoms with van der Waals surface area (Å²) in [6.07, 6.45) is 0. The number of carboxylic acid groups (broad SMARTS) is 2. The molecule has 1 heterocycles. The molecule has 0 aliphatic heterocycles. The highest BCUT2D eigenvalue weighted by Crippen LogP contribution is 2.17. The van der Waals surface area contributed by atoms with E-state index in [1.54, 1.807) is 13.0 Å². The zero-order chi connectivity index (χ0) is 14.7. The van der Waals surface area contributed by atoms with Crippen molar-refractivity contribution in [1.29, 1.82) is 0 Å². The smallest absolute Gasteiger partial charge is 0.152 e. The van der Waals surface area contributed by atoms with E-state index in [9.17, 15) is 19.8 Å². The molecule has 0 N–H and O–H groups in total. The molecule has 104 valence electrons. The molecule has 0 atom stereocenters. The summed E-state index contributed by atoms with van der Waals surface area (Å²) in [6, 6.07) is 7.19. The largest absolute Gasteiger partial charge is 0.545 e. The van der Waals surface area contributed by atoms with Crippen molar-refractivity contribution in [2.75, 3.05) is 0 Å².